The molecule has 22 heavy (non-hydrogen) atoms. The van der Waals surface area contributed by atoms with Gasteiger partial charge in [0.05, 0.1) is 12.0 Å². The summed E-state index contributed by atoms with van der Waals surface area (Å²) in [5.74, 6) is 0.636. The van der Waals surface area contributed by atoms with E-state index in [4.69, 9.17) is 0 Å². The van der Waals surface area contributed by atoms with Gasteiger partial charge in [-0.2, -0.15) is 0 Å². The second kappa shape index (κ2) is 7.64. The van der Waals surface area contributed by atoms with Crippen molar-refractivity contribution in [2.45, 2.75) is 44.9 Å². The van der Waals surface area contributed by atoms with Gasteiger partial charge in [-0.3, -0.25) is 9.59 Å². The summed E-state index contributed by atoms with van der Waals surface area (Å²) in [6.45, 7) is 3.61. The Morgan fingerprint density at radius 1 is 1.14 bits per heavy atom. The van der Waals surface area contributed by atoms with E-state index in [1.54, 1.807) is 0 Å². The highest BCUT2D eigenvalue weighted by Crippen LogP contribution is 2.43. The molecule has 0 spiro atoms. The van der Waals surface area contributed by atoms with Crippen molar-refractivity contribution in [2.75, 3.05) is 32.7 Å². The molecule has 0 aromatic heterocycles. The van der Waals surface area contributed by atoms with Crippen molar-refractivity contribution in [3.05, 3.63) is 0 Å². The summed E-state index contributed by atoms with van der Waals surface area (Å²) < 4.78 is 0. The average molecular weight is 330 g/mol. The number of nitrogens with one attached hydrogen (secondary N) is 2. The Morgan fingerprint density at radius 2 is 1.91 bits per heavy atom. The number of hydrogen-bond acceptors (Lipinski definition) is 3. The quantitative estimate of drug-likeness (QED) is 0.821. The van der Waals surface area contributed by atoms with Gasteiger partial charge >= 0.3 is 0 Å². The number of fused-ring (bicyclic) bond motifs is 1. The molecule has 1 aliphatic carbocycles. The fourth-order valence-electron chi connectivity index (χ4n) is 4.28. The first-order chi connectivity index (χ1) is 10.2. The van der Waals surface area contributed by atoms with Crippen LogP contribution < -0.4 is 10.6 Å². The topological polar surface area (TPSA) is 61.4 Å². The molecule has 0 aromatic carbocycles. The minimum absolute atomic E-state index is 0. The number of amides is 2. The second-order valence-electron chi connectivity index (χ2n) is 6.85. The largest absolute Gasteiger partial charge is 0.346 e. The highest BCUT2D eigenvalue weighted by Gasteiger charge is 2.49. The highest BCUT2D eigenvalue weighted by atomic mass is 35.5. The van der Waals surface area contributed by atoms with Crippen molar-refractivity contribution < 1.29 is 9.59 Å². The van der Waals surface area contributed by atoms with Gasteiger partial charge < -0.3 is 15.5 Å². The highest BCUT2D eigenvalue weighted by molar-refractivity contribution is 5.88. The van der Waals surface area contributed by atoms with Crippen LogP contribution in [0.25, 0.3) is 0 Å². The molecule has 2 aliphatic heterocycles. The molecule has 2 heterocycles. The molecular weight excluding hydrogens is 302 g/mol. The van der Waals surface area contributed by atoms with Gasteiger partial charge in [-0.1, -0.05) is 12.8 Å². The van der Waals surface area contributed by atoms with Crippen LogP contribution in [0.2, 0.25) is 0 Å². The first-order valence-corrected chi connectivity index (χ1v) is 8.49. The number of nitrogens with zero attached hydrogens (tertiary/aromatic N) is 1. The minimum Gasteiger partial charge on any atom is -0.346 e. The first-order valence-electron chi connectivity index (χ1n) is 8.49. The standard InChI is InChI=1S/C16H27N3O2.ClH/c20-14(19-8-4-1-5-9-19)11-18-15(21)16-7-3-2-6-13(16)10-17-12-16;/h13,17H,1-12H2,(H,18,21);1H/t13-,16+;/m0./s1. The van der Waals surface area contributed by atoms with Gasteiger partial charge in [-0.25, -0.2) is 0 Å². The van der Waals surface area contributed by atoms with Crippen molar-refractivity contribution in [1.82, 2.24) is 15.5 Å². The molecule has 0 radical (unpaired) electrons. The van der Waals surface area contributed by atoms with Crippen LogP contribution in [0.1, 0.15) is 44.9 Å². The Labute approximate surface area is 139 Å². The molecule has 126 valence electrons. The van der Waals surface area contributed by atoms with Gasteiger partial charge in [0.15, 0.2) is 0 Å². The Kier molecular flexibility index (Phi) is 6.09. The summed E-state index contributed by atoms with van der Waals surface area (Å²) in [6, 6.07) is 0. The molecule has 3 fully saturated rings. The molecule has 5 nitrogen and oxygen atoms in total. The number of piperidine rings is 1. The predicted octanol–water partition coefficient (Wildman–Crippen LogP) is 1.32. The maximum atomic E-state index is 12.7. The lowest BCUT2D eigenvalue weighted by Gasteiger charge is -2.37. The van der Waals surface area contributed by atoms with Crippen molar-refractivity contribution in [1.29, 1.82) is 0 Å². The predicted molar refractivity (Wildman–Crippen MR) is 87.9 cm³/mol. The van der Waals surface area contributed by atoms with Gasteiger partial charge in [0.25, 0.3) is 0 Å². The van der Waals surface area contributed by atoms with E-state index in [0.29, 0.717) is 5.92 Å². The van der Waals surface area contributed by atoms with E-state index in [-0.39, 0.29) is 36.2 Å². The Bertz CT molecular complexity index is 412. The van der Waals surface area contributed by atoms with Crippen LogP contribution in [0.5, 0.6) is 0 Å². The lowest BCUT2D eigenvalue weighted by atomic mass is 9.67. The summed E-state index contributed by atoms with van der Waals surface area (Å²) >= 11 is 0. The molecule has 2 saturated heterocycles. The van der Waals surface area contributed by atoms with Gasteiger partial charge in [0, 0.05) is 19.6 Å². The van der Waals surface area contributed by atoms with Crippen LogP contribution in [0.3, 0.4) is 0 Å². The van der Waals surface area contributed by atoms with E-state index < -0.39 is 0 Å². The molecular formula is C16H28ClN3O2. The van der Waals surface area contributed by atoms with Crippen molar-refractivity contribution in [2.24, 2.45) is 11.3 Å². The van der Waals surface area contributed by atoms with Crippen molar-refractivity contribution in [3.63, 3.8) is 0 Å². The third-order valence-electron chi connectivity index (χ3n) is 5.60. The molecule has 0 aromatic rings. The van der Waals surface area contributed by atoms with E-state index in [9.17, 15) is 9.59 Å². The summed E-state index contributed by atoms with van der Waals surface area (Å²) in [7, 11) is 0. The fraction of sp³-hybridized carbons (Fsp3) is 0.875. The van der Waals surface area contributed by atoms with Gasteiger partial charge in [0.1, 0.15) is 0 Å². The zero-order chi connectivity index (χ0) is 14.7. The summed E-state index contributed by atoms with van der Waals surface area (Å²) in [5.41, 5.74) is -0.250. The fourth-order valence-corrected chi connectivity index (χ4v) is 4.28. The third kappa shape index (κ3) is 3.40. The van der Waals surface area contributed by atoms with Crippen LogP contribution in [0.4, 0.5) is 0 Å². The molecule has 2 atom stereocenters. The normalized spacial score (nSPS) is 31.1. The van der Waals surface area contributed by atoms with E-state index in [0.717, 1.165) is 58.3 Å². The first kappa shape index (κ1) is 17.5. The van der Waals surface area contributed by atoms with Crippen molar-refractivity contribution >= 4 is 24.2 Å². The molecule has 3 aliphatic rings. The SMILES string of the molecule is Cl.O=C(CNC(=O)[C@@]12CCCC[C@H]1CNC2)N1CCCCC1. The Balaban J connectivity index is 0.00000176. The van der Waals surface area contributed by atoms with E-state index in [1.165, 1.54) is 12.8 Å². The number of carbonyl (C=O) groups is 2. The maximum absolute atomic E-state index is 12.7. The lowest BCUT2D eigenvalue weighted by Crippen LogP contribution is -2.51. The molecule has 0 bridgehead atoms. The molecule has 6 heteroatoms. The van der Waals surface area contributed by atoms with E-state index in [1.807, 2.05) is 4.90 Å². The van der Waals surface area contributed by atoms with Crippen LogP contribution >= 0.6 is 12.4 Å². The zero-order valence-corrected chi connectivity index (χ0v) is 14.1. The lowest BCUT2D eigenvalue weighted by molar-refractivity contribution is -0.138. The zero-order valence-electron chi connectivity index (χ0n) is 13.2. The minimum atomic E-state index is -0.250. The third-order valence-corrected chi connectivity index (χ3v) is 5.60. The van der Waals surface area contributed by atoms with Gasteiger partial charge in [-0.05, 0) is 44.6 Å². The number of rotatable bonds is 3. The molecule has 2 N–H and O–H groups in total. The monoisotopic (exact) mass is 329 g/mol. The smallest absolute Gasteiger partial charge is 0.241 e. The number of carbonyl (C=O) groups excluding carboxylic acids is 2. The van der Waals surface area contributed by atoms with E-state index >= 15 is 0 Å². The van der Waals surface area contributed by atoms with Crippen molar-refractivity contribution in [3.8, 4) is 0 Å². The van der Waals surface area contributed by atoms with E-state index in [2.05, 4.69) is 10.6 Å². The Morgan fingerprint density at radius 3 is 2.68 bits per heavy atom. The van der Waals surface area contributed by atoms with Crippen LogP contribution in [-0.4, -0.2) is 49.4 Å². The van der Waals surface area contributed by atoms with Crippen LogP contribution in [0, 0.1) is 11.3 Å². The number of likely N-dealkylation sites (tertiary alicyclic amines) is 1. The average Bonchev–Trinajstić information content (AvgIpc) is 2.98. The van der Waals surface area contributed by atoms with Crippen LogP contribution in [0.15, 0.2) is 0 Å². The molecule has 3 rings (SSSR count). The maximum Gasteiger partial charge on any atom is 0.241 e. The van der Waals surface area contributed by atoms with Gasteiger partial charge in [-0.15, -0.1) is 12.4 Å². The summed E-state index contributed by atoms with van der Waals surface area (Å²) in [6.07, 6.45) is 7.87. The van der Waals surface area contributed by atoms with Gasteiger partial charge in [0.2, 0.25) is 11.8 Å². The van der Waals surface area contributed by atoms with Crippen LogP contribution in [-0.2, 0) is 9.59 Å². The summed E-state index contributed by atoms with van der Waals surface area (Å²) in [4.78, 5) is 26.7. The number of hydrogen-bond donors (Lipinski definition) is 2. The number of halogens is 1. The molecule has 1 saturated carbocycles. The summed E-state index contributed by atoms with van der Waals surface area (Å²) in [5, 5.41) is 6.32. The molecule has 0 unspecified atom stereocenters. The second-order valence-corrected chi connectivity index (χ2v) is 6.85. The molecule has 2 amide bonds. The Hall–Kier alpha value is -0.810.